The molecule has 0 bridgehead atoms. The number of rotatable bonds is 5. The lowest BCUT2D eigenvalue weighted by Gasteiger charge is -2.13. The summed E-state index contributed by atoms with van der Waals surface area (Å²) in [4.78, 5) is 11.8. The third-order valence-electron chi connectivity index (χ3n) is 2.99. The van der Waals surface area contributed by atoms with Crippen molar-refractivity contribution in [3.05, 3.63) is 29.6 Å². The lowest BCUT2D eigenvalue weighted by molar-refractivity contribution is -0.120. The van der Waals surface area contributed by atoms with E-state index in [-0.39, 0.29) is 28.9 Å². The number of nitrogens with one attached hydrogen (secondary N) is 1. The highest BCUT2D eigenvalue weighted by molar-refractivity contribution is 5.98. The molecular weight excluding hydrogens is 249 g/mol. The SMILES string of the molecule is CCC(CC)C(=O)Nc1ccc(/C(N)=N/O)cc1F. The smallest absolute Gasteiger partial charge is 0.227 e. The molecule has 1 aromatic carbocycles. The van der Waals surface area contributed by atoms with Gasteiger partial charge in [-0.1, -0.05) is 19.0 Å². The molecule has 0 saturated heterocycles. The molecule has 0 aromatic heterocycles. The highest BCUT2D eigenvalue weighted by Gasteiger charge is 2.16. The van der Waals surface area contributed by atoms with Crippen molar-refractivity contribution in [3.63, 3.8) is 0 Å². The van der Waals surface area contributed by atoms with Crippen LogP contribution in [0.15, 0.2) is 23.4 Å². The third kappa shape index (κ3) is 3.67. The Balaban J connectivity index is 2.89. The van der Waals surface area contributed by atoms with Gasteiger partial charge in [0.1, 0.15) is 5.82 Å². The van der Waals surface area contributed by atoms with Gasteiger partial charge >= 0.3 is 0 Å². The van der Waals surface area contributed by atoms with E-state index in [9.17, 15) is 9.18 Å². The fraction of sp³-hybridized carbons (Fsp3) is 0.385. The number of oxime groups is 1. The van der Waals surface area contributed by atoms with Crippen molar-refractivity contribution in [2.24, 2.45) is 16.8 Å². The van der Waals surface area contributed by atoms with Crippen LogP contribution in [0.1, 0.15) is 32.3 Å². The standard InChI is InChI=1S/C13H18FN3O2/c1-3-8(4-2)13(18)16-11-6-5-9(7-10(11)14)12(15)17-19/h5-8,19H,3-4H2,1-2H3,(H2,15,17)(H,16,18). The highest BCUT2D eigenvalue weighted by Crippen LogP contribution is 2.18. The fourth-order valence-electron chi connectivity index (χ4n) is 1.73. The molecule has 0 heterocycles. The van der Waals surface area contributed by atoms with Gasteiger partial charge in [-0.3, -0.25) is 4.79 Å². The number of hydrogen-bond acceptors (Lipinski definition) is 3. The van der Waals surface area contributed by atoms with Crippen molar-refractivity contribution in [1.29, 1.82) is 0 Å². The molecule has 5 nitrogen and oxygen atoms in total. The number of carbonyl (C=O) groups excluding carboxylic acids is 1. The maximum absolute atomic E-state index is 13.8. The van der Waals surface area contributed by atoms with Gasteiger partial charge in [-0.05, 0) is 31.0 Å². The van der Waals surface area contributed by atoms with E-state index in [1.165, 1.54) is 12.1 Å². The first-order valence-corrected chi connectivity index (χ1v) is 6.11. The number of amidine groups is 1. The Morgan fingerprint density at radius 3 is 2.58 bits per heavy atom. The van der Waals surface area contributed by atoms with E-state index in [0.717, 1.165) is 6.07 Å². The molecule has 6 heteroatoms. The van der Waals surface area contributed by atoms with E-state index in [1.54, 1.807) is 0 Å². The minimum atomic E-state index is -0.622. The summed E-state index contributed by atoms with van der Waals surface area (Å²) in [5.41, 5.74) is 5.69. The first-order chi connectivity index (χ1) is 9.03. The summed E-state index contributed by atoms with van der Waals surface area (Å²) in [7, 11) is 0. The molecule has 0 aliphatic heterocycles. The Morgan fingerprint density at radius 1 is 1.47 bits per heavy atom. The van der Waals surface area contributed by atoms with Crippen molar-refractivity contribution in [3.8, 4) is 0 Å². The molecule has 0 aliphatic carbocycles. The first-order valence-electron chi connectivity index (χ1n) is 6.11. The van der Waals surface area contributed by atoms with Crippen LogP contribution < -0.4 is 11.1 Å². The van der Waals surface area contributed by atoms with Crippen molar-refractivity contribution < 1.29 is 14.4 Å². The van der Waals surface area contributed by atoms with Crippen molar-refractivity contribution in [2.45, 2.75) is 26.7 Å². The van der Waals surface area contributed by atoms with Crippen LogP contribution >= 0.6 is 0 Å². The zero-order chi connectivity index (χ0) is 14.4. The van der Waals surface area contributed by atoms with Gasteiger partial charge in [0.25, 0.3) is 0 Å². The Morgan fingerprint density at radius 2 is 2.11 bits per heavy atom. The average Bonchev–Trinajstić information content (AvgIpc) is 2.41. The molecule has 4 N–H and O–H groups in total. The summed E-state index contributed by atoms with van der Waals surface area (Å²) in [6, 6.07) is 3.97. The number of hydrogen-bond donors (Lipinski definition) is 3. The molecule has 1 aromatic rings. The molecule has 0 aliphatic rings. The minimum absolute atomic E-state index is 0.0892. The molecule has 0 unspecified atom stereocenters. The zero-order valence-electron chi connectivity index (χ0n) is 11.0. The predicted molar refractivity (Wildman–Crippen MR) is 71.6 cm³/mol. The van der Waals surface area contributed by atoms with Crippen molar-refractivity contribution in [1.82, 2.24) is 0 Å². The Bertz CT molecular complexity index is 485. The summed E-state index contributed by atoms with van der Waals surface area (Å²) in [5, 5.41) is 13.8. The second kappa shape index (κ2) is 6.72. The summed E-state index contributed by atoms with van der Waals surface area (Å²) in [5.74, 6) is -1.15. The highest BCUT2D eigenvalue weighted by atomic mass is 19.1. The second-order valence-electron chi connectivity index (χ2n) is 4.18. The van der Waals surface area contributed by atoms with E-state index in [1.807, 2.05) is 13.8 Å². The number of amides is 1. The maximum atomic E-state index is 13.8. The van der Waals surface area contributed by atoms with Crippen LogP contribution in [0.2, 0.25) is 0 Å². The van der Waals surface area contributed by atoms with Gasteiger partial charge in [0.2, 0.25) is 5.91 Å². The van der Waals surface area contributed by atoms with Crippen molar-refractivity contribution in [2.75, 3.05) is 5.32 Å². The zero-order valence-corrected chi connectivity index (χ0v) is 11.0. The van der Waals surface area contributed by atoms with Crippen LogP contribution in [-0.2, 0) is 4.79 Å². The summed E-state index contributed by atoms with van der Waals surface area (Å²) in [6.07, 6.45) is 1.40. The molecular formula is C13H18FN3O2. The van der Waals surface area contributed by atoms with Gasteiger partial charge in [-0.15, -0.1) is 0 Å². The average molecular weight is 267 g/mol. The van der Waals surface area contributed by atoms with E-state index < -0.39 is 5.82 Å². The number of nitrogens with zero attached hydrogens (tertiary/aromatic N) is 1. The number of anilines is 1. The van der Waals surface area contributed by atoms with Crippen LogP contribution in [0.4, 0.5) is 10.1 Å². The molecule has 0 saturated carbocycles. The molecule has 0 spiro atoms. The van der Waals surface area contributed by atoms with Crippen LogP contribution in [-0.4, -0.2) is 17.0 Å². The summed E-state index contributed by atoms with van der Waals surface area (Å²) in [6.45, 7) is 3.82. The van der Waals surface area contributed by atoms with Crippen molar-refractivity contribution >= 4 is 17.4 Å². The van der Waals surface area contributed by atoms with Crippen LogP contribution in [0.25, 0.3) is 0 Å². The van der Waals surface area contributed by atoms with E-state index in [2.05, 4.69) is 10.5 Å². The number of nitrogens with two attached hydrogens (primary N) is 1. The molecule has 0 radical (unpaired) electrons. The molecule has 104 valence electrons. The third-order valence-corrected chi connectivity index (χ3v) is 2.99. The Kier molecular flexibility index (Phi) is 5.29. The van der Waals surface area contributed by atoms with Crippen LogP contribution in [0, 0.1) is 11.7 Å². The van der Waals surface area contributed by atoms with Crippen LogP contribution in [0.5, 0.6) is 0 Å². The van der Waals surface area contributed by atoms with Gasteiger partial charge in [0.05, 0.1) is 5.69 Å². The summed E-state index contributed by atoms with van der Waals surface area (Å²) >= 11 is 0. The lowest BCUT2D eigenvalue weighted by Crippen LogP contribution is -2.22. The van der Waals surface area contributed by atoms with E-state index >= 15 is 0 Å². The molecule has 1 amide bonds. The quantitative estimate of drug-likeness (QED) is 0.331. The first kappa shape index (κ1) is 14.9. The lowest BCUT2D eigenvalue weighted by atomic mass is 10.0. The van der Waals surface area contributed by atoms with Gasteiger partial charge in [-0.2, -0.15) is 0 Å². The molecule has 1 rings (SSSR count). The van der Waals surface area contributed by atoms with Gasteiger partial charge in [0, 0.05) is 11.5 Å². The van der Waals surface area contributed by atoms with Gasteiger partial charge < -0.3 is 16.3 Å². The van der Waals surface area contributed by atoms with E-state index in [4.69, 9.17) is 10.9 Å². The summed E-state index contributed by atoms with van der Waals surface area (Å²) < 4.78 is 13.8. The number of halogens is 1. The predicted octanol–water partition coefficient (Wildman–Crippen LogP) is 2.29. The molecule has 19 heavy (non-hydrogen) atoms. The normalized spacial score (nSPS) is 11.7. The largest absolute Gasteiger partial charge is 0.409 e. The second-order valence-corrected chi connectivity index (χ2v) is 4.18. The van der Waals surface area contributed by atoms with Gasteiger partial charge in [-0.25, -0.2) is 4.39 Å². The topological polar surface area (TPSA) is 87.7 Å². The maximum Gasteiger partial charge on any atom is 0.227 e. The monoisotopic (exact) mass is 267 g/mol. The Labute approximate surface area is 111 Å². The van der Waals surface area contributed by atoms with Gasteiger partial charge in [0.15, 0.2) is 5.84 Å². The minimum Gasteiger partial charge on any atom is -0.409 e. The van der Waals surface area contributed by atoms with E-state index in [0.29, 0.717) is 12.8 Å². The Hall–Kier alpha value is -2.11. The molecule has 0 fully saturated rings. The van der Waals surface area contributed by atoms with Crippen LogP contribution in [0.3, 0.4) is 0 Å². The fourth-order valence-corrected chi connectivity index (χ4v) is 1.73. The molecule has 0 atom stereocenters. The number of carbonyl (C=O) groups is 1. The number of benzene rings is 1.